The van der Waals surface area contributed by atoms with Crippen molar-refractivity contribution >= 4 is 11.9 Å². The zero-order valence-corrected chi connectivity index (χ0v) is 25.5. The molecule has 0 aliphatic carbocycles. The first-order chi connectivity index (χ1) is 21.2. The molecule has 1 amide bonds. The standard InChI is InChI=1S/C35H42N2O7/c1-22-32(20-37-16-15-31(40)19-37)43-35(44-33(22)28-9-7-25(21-38)8-10-28)29-13-11-27(12-14-29)30-6-4-5-26(17-30)18-36-34(41)23(2)42-24(3)39/h4-14,17,22-23,31-33,35,38,40H,15-16,18-21H2,1-3H3,(H,36,41)/t22-,23-,31-,32+,33+,35+/m0/s1. The van der Waals surface area contributed by atoms with Gasteiger partial charge in [0.1, 0.15) is 0 Å². The Kier molecular flexibility index (Phi) is 10.5. The largest absolute Gasteiger partial charge is 0.453 e. The quantitative estimate of drug-likeness (QED) is 0.295. The number of aliphatic hydroxyl groups excluding tert-OH is 2. The number of esters is 1. The van der Waals surface area contributed by atoms with Crippen LogP contribution in [0.5, 0.6) is 0 Å². The number of nitrogens with one attached hydrogen (secondary N) is 1. The highest BCUT2D eigenvalue weighted by atomic mass is 16.7. The molecular formula is C35H42N2O7. The Bertz CT molecular complexity index is 1410. The van der Waals surface area contributed by atoms with Crippen molar-refractivity contribution in [3.63, 3.8) is 0 Å². The van der Waals surface area contributed by atoms with Crippen LogP contribution in [0.15, 0.2) is 72.8 Å². The molecule has 0 unspecified atom stereocenters. The maximum Gasteiger partial charge on any atom is 0.303 e. The van der Waals surface area contributed by atoms with Crippen molar-refractivity contribution in [2.75, 3.05) is 19.6 Å². The second-order valence-electron chi connectivity index (χ2n) is 11.8. The SMILES string of the molecule is CC(=O)O[C@@H](C)C(=O)NCc1cccc(-c2ccc([C@@H]3O[C@H](CN4CC[C@H](O)C4)[C@H](C)[C@H](c4ccc(CO)cc4)O3)cc2)c1. The minimum absolute atomic E-state index is 0.00775. The summed E-state index contributed by atoms with van der Waals surface area (Å²) < 4.78 is 18.1. The van der Waals surface area contributed by atoms with Gasteiger partial charge in [0.05, 0.1) is 24.9 Å². The van der Waals surface area contributed by atoms with Gasteiger partial charge in [0.15, 0.2) is 12.4 Å². The van der Waals surface area contributed by atoms with Crippen molar-refractivity contribution < 1.29 is 34.0 Å². The van der Waals surface area contributed by atoms with Gasteiger partial charge in [0.2, 0.25) is 0 Å². The lowest BCUT2D eigenvalue weighted by Crippen LogP contribution is -2.44. The third-order valence-electron chi connectivity index (χ3n) is 8.43. The summed E-state index contributed by atoms with van der Waals surface area (Å²) in [4.78, 5) is 25.7. The Balaban J connectivity index is 1.30. The number of amides is 1. The number of ether oxygens (including phenoxy) is 3. The predicted octanol–water partition coefficient (Wildman–Crippen LogP) is 4.27. The maximum atomic E-state index is 12.3. The molecule has 9 nitrogen and oxygen atoms in total. The molecule has 9 heteroatoms. The highest BCUT2D eigenvalue weighted by Crippen LogP contribution is 2.42. The van der Waals surface area contributed by atoms with Gasteiger partial charge in [-0.25, -0.2) is 0 Å². The lowest BCUT2D eigenvalue weighted by atomic mass is 9.90. The molecule has 3 N–H and O–H groups in total. The van der Waals surface area contributed by atoms with E-state index in [1.165, 1.54) is 6.92 Å². The van der Waals surface area contributed by atoms with E-state index in [0.29, 0.717) is 19.6 Å². The van der Waals surface area contributed by atoms with Crippen LogP contribution >= 0.6 is 0 Å². The zero-order valence-electron chi connectivity index (χ0n) is 25.5. The first-order valence-electron chi connectivity index (χ1n) is 15.3. The smallest absolute Gasteiger partial charge is 0.303 e. The van der Waals surface area contributed by atoms with Crippen LogP contribution in [0.1, 0.15) is 61.8 Å². The van der Waals surface area contributed by atoms with Crippen molar-refractivity contribution in [2.24, 2.45) is 5.92 Å². The molecule has 2 saturated heterocycles. The van der Waals surface area contributed by atoms with Crippen LogP contribution in [-0.4, -0.2) is 64.9 Å². The van der Waals surface area contributed by atoms with Crippen molar-refractivity contribution in [1.29, 1.82) is 0 Å². The highest BCUT2D eigenvalue weighted by Gasteiger charge is 2.39. The van der Waals surface area contributed by atoms with Crippen LogP contribution in [0.4, 0.5) is 0 Å². The maximum absolute atomic E-state index is 12.3. The number of hydrogen-bond acceptors (Lipinski definition) is 8. The van der Waals surface area contributed by atoms with Gasteiger partial charge in [-0.2, -0.15) is 0 Å². The lowest BCUT2D eigenvalue weighted by molar-refractivity contribution is -0.276. The summed E-state index contributed by atoms with van der Waals surface area (Å²) >= 11 is 0. The first-order valence-corrected chi connectivity index (χ1v) is 15.3. The molecule has 44 heavy (non-hydrogen) atoms. The van der Waals surface area contributed by atoms with Gasteiger partial charge in [0, 0.05) is 44.6 Å². The fourth-order valence-electron chi connectivity index (χ4n) is 5.89. The summed E-state index contributed by atoms with van der Waals surface area (Å²) in [6.07, 6.45) is -1.24. The molecule has 2 aliphatic rings. The molecular weight excluding hydrogens is 560 g/mol. The first kappa shape index (κ1) is 31.8. The van der Waals surface area contributed by atoms with Gasteiger partial charge in [-0.15, -0.1) is 0 Å². The summed E-state index contributed by atoms with van der Waals surface area (Å²) in [5.74, 6) is -0.770. The fourth-order valence-corrected chi connectivity index (χ4v) is 5.89. The van der Waals surface area contributed by atoms with Crippen LogP contribution in [0, 0.1) is 5.92 Å². The van der Waals surface area contributed by atoms with Gasteiger partial charge in [-0.1, -0.05) is 73.7 Å². The van der Waals surface area contributed by atoms with Gasteiger partial charge in [-0.3, -0.25) is 14.5 Å². The van der Waals surface area contributed by atoms with E-state index < -0.39 is 18.4 Å². The summed E-state index contributed by atoms with van der Waals surface area (Å²) in [5, 5.41) is 22.4. The normalized spacial score (nSPS) is 24.5. The monoisotopic (exact) mass is 602 g/mol. The molecule has 234 valence electrons. The zero-order chi connectivity index (χ0) is 31.2. The number of carbonyl (C=O) groups is 2. The Morgan fingerprint density at radius 3 is 2.39 bits per heavy atom. The van der Waals surface area contributed by atoms with E-state index in [0.717, 1.165) is 46.3 Å². The Morgan fingerprint density at radius 2 is 1.73 bits per heavy atom. The van der Waals surface area contributed by atoms with E-state index in [-0.39, 0.29) is 36.7 Å². The van der Waals surface area contributed by atoms with E-state index in [1.54, 1.807) is 6.92 Å². The van der Waals surface area contributed by atoms with Crippen LogP contribution < -0.4 is 5.32 Å². The van der Waals surface area contributed by atoms with Crippen molar-refractivity contribution in [3.05, 3.63) is 95.1 Å². The topological polar surface area (TPSA) is 118 Å². The molecule has 3 aromatic carbocycles. The number of β-amino-alcohol motifs (C(OH)–C–C–N with tert-alkyl or cyclic N) is 1. The molecule has 2 fully saturated rings. The van der Waals surface area contributed by atoms with Crippen LogP contribution in [0.3, 0.4) is 0 Å². The number of aliphatic hydroxyl groups is 2. The summed E-state index contributed by atoms with van der Waals surface area (Å²) in [6.45, 7) is 7.48. The number of benzene rings is 3. The highest BCUT2D eigenvalue weighted by molar-refractivity contribution is 5.82. The van der Waals surface area contributed by atoms with Gasteiger partial charge < -0.3 is 29.7 Å². The molecule has 2 heterocycles. The summed E-state index contributed by atoms with van der Waals surface area (Å²) in [5.41, 5.74) is 5.74. The van der Waals surface area contributed by atoms with E-state index in [9.17, 15) is 19.8 Å². The number of rotatable bonds is 10. The Hall–Kier alpha value is -3.60. The molecule has 0 aromatic heterocycles. The molecule has 0 bridgehead atoms. The van der Waals surface area contributed by atoms with Crippen LogP contribution in [0.25, 0.3) is 11.1 Å². The minimum atomic E-state index is -0.850. The third-order valence-corrected chi connectivity index (χ3v) is 8.43. The number of carbonyl (C=O) groups excluding carboxylic acids is 2. The molecule has 0 saturated carbocycles. The second-order valence-corrected chi connectivity index (χ2v) is 11.8. The van der Waals surface area contributed by atoms with Crippen LogP contribution in [0.2, 0.25) is 0 Å². The number of likely N-dealkylation sites (tertiary alicyclic amines) is 1. The van der Waals surface area contributed by atoms with E-state index in [2.05, 4.69) is 17.1 Å². The van der Waals surface area contributed by atoms with E-state index in [4.69, 9.17) is 14.2 Å². The molecule has 6 atom stereocenters. The lowest BCUT2D eigenvalue weighted by Gasteiger charge is -2.42. The average molecular weight is 603 g/mol. The van der Waals surface area contributed by atoms with E-state index in [1.807, 2.05) is 72.8 Å². The minimum Gasteiger partial charge on any atom is -0.453 e. The Labute approximate surface area is 258 Å². The average Bonchev–Trinajstić information content (AvgIpc) is 3.45. The number of hydrogen-bond donors (Lipinski definition) is 3. The molecule has 0 spiro atoms. The van der Waals surface area contributed by atoms with Crippen molar-refractivity contribution in [3.8, 4) is 11.1 Å². The molecule has 2 aliphatic heterocycles. The van der Waals surface area contributed by atoms with Gasteiger partial charge >= 0.3 is 5.97 Å². The second kappa shape index (κ2) is 14.5. The number of nitrogens with zero attached hydrogens (tertiary/aromatic N) is 1. The summed E-state index contributed by atoms with van der Waals surface area (Å²) in [6, 6.07) is 23.9. The van der Waals surface area contributed by atoms with Crippen molar-refractivity contribution in [2.45, 2.75) is 71.0 Å². The Morgan fingerprint density at radius 1 is 1.00 bits per heavy atom. The van der Waals surface area contributed by atoms with Crippen LogP contribution in [-0.2, 0) is 37.0 Å². The molecule has 5 rings (SSSR count). The third kappa shape index (κ3) is 7.91. The fraction of sp³-hybridized carbons (Fsp3) is 0.429. The predicted molar refractivity (Wildman–Crippen MR) is 165 cm³/mol. The van der Waals surface area contributed by atoms with Crippen molar-refractivity contribution in [1.82, 2.24) is 10.2 Å². The van der Waals surface area contributed by atoms with Gasteiger partial charge in [-0.05, 0) is 47.2 Å². The molecule has 0 radical (unpaired) electrons. The molecule has 3 aromatic rings. The summed E-state index contributed by atoms with van der Waals surface area (Å²) in [7, 11) is 0. The van der Waals surface area contributed by atoms with Gasteiger partial charge in [0.25, 0.3) is 5.91 Å². The van der Waals surface area contributed by atoms with E-state index >= 15 is 0 Å².